The van der Waals surface area contributed by atoms with Gasteiger partial charge in [-0.3, -0.25) is 4.79 Å². The van der Waals surface area contributed by atoms with E-state index >= 15 is 0 Å². The minimum Gasteiger partial charge on any atom is -0.497 e. The summed E-state index contributed by atoms with van der Waals surface area (Å²) in [4.78, 5) is 28.0. The van der Waals surface area contributed by atoms with Gasteiger partial charge in [-0.15, -0.1) is 0 Å². The minimum atomic E-state index is -1.10. The molecule has 2 aromatic carbocycles. The van der Waals surface area contributed by atoms with Crippen LogP contribution in [0.4, 0.5) is 5.82 Å². The van der Waals surface area contributed by atoms with Gasteiger partial charge in [0.05, 0.1) is 25.4 Å². The lowest BCUT2D eigenvalue weighted by Crippen LogP contribution is -2.20. The Morgan fingerprint density at radius 3 is 2.11 bits per heavy atom. The van der Waals surface area contributed by atoms with Gasteiger partial charge in [0.1, 0.15) is 29.2 Å². The molecule has 0 bridgehead atoms. The molecule has 2 atom stereocenters. The van der Waals surface area contributed by atoms with Crippen molar-refractivity contribution in [1.29, 1.82) is 0 Å². The summed E-state index contributed by atoms with van der Waals surface area (Å²) in [6.07, 6.45) is 1.39. The lowest BCUT2D eigenvalue weighted by atomic mass is 10.1. The molecule has 0 spiro atoms. The van der Waals surface area contributed by atoms with Crippen LogP contribution in [0.3, 0.4) is 0 Å². The normalized spacial score (nSPS) is 12.3. The number of amides is 1. The second kappa shape index (κ2) is 12.6. The molecule has 0 saturated carbocycles. The summed E-state index contributed by atoms with van der Waals surface area (Å²) in [6, 6.07) is 15.5. The molecule has 1 amide bonds. The van der Waals surface area contributed by atoms with Crippen LogP contribution in [-0.4, -0.2) is 55.0 Å². The van der Waals surface area contributed by atoms with E-state index in [1.54, 1.807) is 32.4 Å². The zero-order chi connectivity index (χ0) is 26.1. The number of carbonyl (C=O) groups is 2. The molecule has 9 heteroatoms. The van der Waals surface area contributed by atoms with E-state index in [-0.39, 0.29) is 23.6 Å². The van der Waals surface area contributed by atoms with Gasteiger partial charge in [0.2, 0.25) is 0 Å². The van der Waals surface area contributed by atoms with Crippen LogP contribution < -0.4 is 19.5 Å². The van der Waals surface area contributed by atoms with Gasteiger partial charge in [0.25, 0.3) is 5.91 Å². The topological polar surface area (TPSA) is 116 Å². The van der Waals surface area contributed by atoms with E-state index in [4.69, 9.17) is 24.1 Å². The second-order valence-electron chi connectivity index (χ2n) is 8.25. The molecule has 0 unspecified atom stereocenters. The Morgan fingerprint density at radius 1 is 0.889 bits per heavy atom. The van der Waals surface area contributed by atoms with Gasteiger partial charge in [0, 0.05) is 31.4 Å². The third-order valence-electron chi connectivity index (χ3n) is 5.15. The Kier molecular flexibility index (Phi) is 9.24. The molecule has 0 radical (unpaired) electrons. The van der Waals surface area contributed by atoms with Crippen molar-refractivity contribution in [3.05, 3.63) is 77.5 Å². The number of benzene rings is 2. The number of anilines is 1. The Balaban J connectivity index is 1.78. The number of pyridine rings is 1. The molecule has 1 heterocycles. The van der Waals surface area contributed by atoms with Crippen LogP contribution in [-0.2, 0) is 11.2 Å². The predicted octanol–water partition coefficient (Wildman–Crippen LogP) is 4.46. The number of methoxy groups -OCH3 is 2. The van der Waals surface area contributed by atoms with Gasteiger partial charge in [-0.25, -0.2) is 9.78 Å². The molecule has 0 aliphatic rings. The van der Waals surface area contributed by atoms with E-state index in [0.717, 1.165) is 11.3 Å². The first kappa shape index (κ1) is 26.5. The van der Waals surface area contributed by atoms with Gasteiger partial charge in [-0.1, -0.05) is 12.1 Å². The monoisotopic (exact) mass is 494 g/mol. The van der Waals surface area contributed by atoms with Crippen LogP contribution in [0.2, 0.25) is 0 Å². The van der Waals surface area contributed by atoms with Crippen molar-refractivity contribution >= 4 is 17.7 Å². The summed E-state index contributed by atoms with van der Waals surface area (Å²) >= 11 is 0. The number of aromatic carboxylic acids is 1. The maximum absolute atomic E-state index is 13.0. The molecule has 1 aromatic heterocycles. The van der Waals surface area contributed by atoms with E-state index in [1.807, 2.05) is 38.1 Å². The fraction of sp³-hybridized carbons (Fsp3) is 0.296. The third kappa shape index (κ3) is 7.71. The number of nitrogens with zero attached hydrogens (tertiary/aromatic N) is 1. The maximum atomic E-state index is 13.0. The molecule has 3 rings (SSSR count). The van der Waals surface area contributed by atoms with Gasteiger partial charge in [-0.2, -0.15) is 0 Å². The zero-order valence-corrected chi connectivity index (χ0v) is 20.7. The molecule has 190 valence electrons. The first-order valence-corrected chi connectivity index (χ1v) is 11.4. The first-order valence-electron chi connectivity index (χ1n) is 11.4. The van der Waals surface area contributed by atoms with Crippen LogP contribution >= 0.6 is 0 Å². The van der Waals surface area contributed by atoms with E-state index in [2.05, 4.69) is 10.3 Å². The van der Waals surface area contributed by atoms with E-state index in [1.165, 1.54) is 18.3 Å². The molecular weight excluding hydrogens is 464 g/mol. The second-order valence-corrected chi connectivity index (χ2v) is 8.25. The summed E-state index contributed by atoms with van der Waals surface area (Å²) in [5.41, 5.74) is 1.41. The fourth-order valence-electron chi connectivity index (χ4n) is 3.49. The summed E-state index contributed by atoms with van der Waals surface area (Å²) in [6.45, 7) is 4.18. The van der Waals surface area contributed by atoms with Crippen LogP contribution in [0.1, 0.15) is 40.1 Å². The fourth-order valence-corrected chi connectivity index (χ4v) is 3.49. The largest absolute Gasteiger partial charge is 0.497 e. The lowest BCUT2D eigenvalue weighted by molar-refractivity contribution is 0.0696. The number of carbonyl (C=O) groups excluding carboxylic acids is 1. The first-order chi connectivity index (χ1) is 17.3. The number of hydrogen-bond donors (Lipinski definition) is 2. The highest BCUT2D eigenvalue weighted by molar-refractivity contribution is 6.04. The molecule has 0 aliphatic carbocycles. The minimum absolute atomic E-state index is 0.0251. The average molecular weight is 495 g/mol. The van der Waals surface area contributed by atoms with Crippen molar-refractivity contribution in [2.45, 2.75) is 32.5 Å². The quantitative estimate of drug-likeness (QED) is 0.379. The molecular formula is C27H30N2O7. The average Bonchev–Trinajstić information content (AvgIpc) is 2.84. The molecule has 0 aliphatic heterocycles. The molecule has 9 nitrogen and oxygen atoms in total. The number of carboxylic acid groups (broad SMARTS) is 1. The number of carboxylic acids is 1. The number of hydrogen-bond acceptors (Lipinski definition) is 7. The van der Waals surface area contributed by atoms with Crippen molar-refractivity contribution in [2.75, 3.05) is 26.1 Å². The Bertz CT molecular complexity index is 1160. The predicted molar refractivity (Wildman–Crippen MR) is 134 cm³/mol. The number of ether oxygens (including phenoxy) is 4. The molecule has 3 aromatic rings. The lowest BCUT2D eigenvalue weighted by Gasteiger charge is -2.19. The van der Waals surface area contributed by atoms with Crippen molar-refractivity contribution in [2.24, 2.45) is 0 Å². The van der Waals surface area contributed by atoms with Gasteiger partial charge in [0.15, 0.2) is 0 Å². The SMILES string of the molecule is COC[C@H](C)Oc1cc(O[C@@H](C)Cc2ccc(OC)cc2)cc(C(=O)Nc2ccc(C(=O)O)cn2)c1. The zero-order valence-electron chi connectivity index (χ0n) is 20.7. The van der Waals surface area contributed by atoms with Gasteiger partial charge in [-0.05, 0) is 55.8 Å². The summed E-state index contributed by atoms with van der Waals surface area (Å²) in [5, 5.41) is 11.7. The Morgan fingerprint density at radius 2 is 1.56 bits per heavy atom. The van der Waals surface area contributed by atoms with E-state index in [9.17, 15) is 9.59 Å². The van der Waals surface area contributed by atoms with E-state index in [0.29, 0.717) is 30.1 Å². The van der Waals surface area contributed by atoms with Crippen molar-refractivity contribution in [1.82, 2.24) is 4.98 Å². The Hall–Kier alpha value is -4.11. The highest BCUT2D eigenvalue weighted by Crippen LogP contribution is 2.26. The van der Waals surface area contributed by atoms with Crippen LogP contribution in [0, 0.1) is 0 Å². The Labute approximate surface area is 210 Å². The molecule has 36 heavy (non-hydrogen) atoms. The smallest absolute Gasteiger partial charge is 0.337 e. The highest BCUT2D eigenvalue weighted by atomic mass is 16.5. The van der Waals surface area contributed by atoms with Crippen molar-refractivity contribution < 1.29 is 33.6 Å². The van der Waals surface area contributed by atoms with Gasteiger partial charge < -0.3 is 29.4 Å². The number of rotatable bonds is 12. The number of nitrogens with one attached hydrogen (secondary N) is 1. The van der Waals surface area contributed by atoms with Gasteiger partial charge >= 0.3 is 5.97 Å². The van der Waals surface area contributed by atoms with Crippen molar-refractivity contribution in [3.63, 3.8) is 0 Å². The highest BCUT2D eigenvalue weighted by Gasteiger charge is 2.15. The van der Waals surface area contributed by atoms with Crippen LogP contribution in [0.5, 0.6) is 17.2 Å². The molecule has 0 fully saturated rings. The van der Waals surface area contributed by atoms with E-state index < -0.39 is 11.9 Å². The maximum Gasteiger partial charge on any atom is 0.337 e. The standard InChI is InChI=1S/C27H30N2O7/c1-17(11-19-5-8-22(34-4)9-6-19)35-23-12-21(13-24(14-23)36-18(2)16-33-3)26(30)29-25-10-7-20(15-28-25)27(31)32/h5-10,12-15,17-18H,11,16H2,1-4H3,(H,31,32)(H,28,29,30)/t17-,18-/m0/s1. The summed E-state index contributed by atoms with van der Waals surface area (Å²) < 4.78 is 22.4. The number of aromatic nitrogens is 1. The third-order valence-corrected chi connectivity index (χ3v) is 5.15. The molecule has 2 N–H and O–H groups in total. The summed E-state index contributed by atoms with van der Waals surface area (Å²) in [5.74, 6) is 0.388. The van der Waals surface area contributed by atoms with Crippen molar-refractivity contribution in [3.8, 4) is 17.2 Å². The van der Waals surface area contributed by atoms with Crippen LogP contribution in [0.15, 0.2) is 60.8 Å². The molecule has 0 saturated heterocycles. The van der Waals surface area contributed by atoms with Crippen LogP contribution in [0.25, 0.3) is 0 Å². The summed E-state index contributed by atoms with van der Waals surface area (Å²) in [7, 11) is 3.21.